The van der Waals surface area contributed by atoms with Crippen LogP contribution in [0.3, 0.4) is 0 Å². The van der Waals surface area contributed by atoms with Gasteiger partial charge in [0.2, 0.25) is 5.91 Å². The van der Waals surface area contributed by atoms with Crippen molar-refractivity contribution in [3.8, 4) is 0 Å². The lowest BCUT2D eigenvalue weighted by atomic mass is 10.2. The van der Waals surface area contributed by atoms with E-state index in [9.17, 15) is 27.9 Å². The zero-order valence-corrected chi connectivity index (χ0v) is 18.2. The molecule has 1 atom stereocenters. The molecule has 1 unspecified atom stereocenters. The molecule has 0 aliphatic carbocycles. The lowest BCUT2D eigenvalue weighted by Gasteiger charge is -2.25. The van der Waals surface area contributed by atoms with Gasteiger partial charge in [0.05, 0.1) is 16.6 Å². The molecule has 1 aliphatic heterocycles. The summed E-state index contributed by atoms with van der Waals surface area (Å²) in [5.74, 6) is -2.42. The Morgan fingerprint density at radius 2 is 1.69 bits per heavy atom. The summed E-state index contributed by atoms with van der Waals surface area (Å²) in [5, 5.41) is 15.9. The molecule has 0 aromatic heterocycles. The first-order chi connectivity index (χ1) is 15.1. The number of sulfonamides is 1. The van der Waals surface area contributed by atoms with Gasteiger partial charge in [-0.3, -0.25) is 9.59 Å². The summed E-state index contributed by atoms with van der Waals surface area (Å²) in [4.78, 5) is 34.9. The Bertz CT molecular complexity index is 1160. The molecule has 11 heteroatoms. The van der Waals surface area contributed by atoms with Crippen LogP contribution in [0.2, 0.25) is 0 Å². The molecule has 0 saturated carbocycles. The van der Waals surface area contributed by atoms with Crippen LogP contribution in [-0.4, -0.2) is 50.0 Å². The van der Waals surface area contributed by atoms with E-state index >= 15 is 0 Å². The molecule has 0 radical (unpaired) electrons. The Hall–Kier alpha value is -3.57. The summed E-state index contributed by atoms with van der Waals surface area (Å²) in [6, 6.07) is 13.4. The Balaban J connectivity index is 1.80. The number of anilines is 2. The largest absolute Gasteiger partial charge is 0.550 e. The van der Waals surface area contributed by atoms with Crippen molar-refractivity contribution in [1.82, 2.24) is 5.01 Å². The smallest absolute Gasteiger partial charge is 0.289 e. The van der Waals surface area contributed by atoms with Crippen molar-refractivity contribution >= 4 is 44.9 Å². The second kappa shape index (κ2) is 9.28. The minimum absolute atomic E-state index is 0.115. The Morgan fingerprint density at radius 1 is 1.06 bits per heavy atom. The molecule has 1 aliphatic rings. The SMILES string of the molecule is CC1C(=NS(=O)(=O)c2ccc(NC(=O)CCC(=O)[O-])cc2)C(=O)N(c2ccccc2)N1C. The molecule has 2 aromatic rings. The first kappa shape index (κ1) is 23.1. The van der Waals surface area contributed by atoms with E-state index in [-0.39, 0.29) is 17.0 Å². The summed E-state index contributed by atoms with van der Waals surface area (Å²) in [6.45, 7) is 1.68. The molecule has 10 nitrogen and oxygen atoms in total. The van der Waals surface area contributed by atoms with Gasteiger partial charge in [-0.1, -0.05) is 18.2 Å². The first-order valence-corrected chi connectivity index (χ1v) is 11.1. The van der Waals surface area contributed by atoms with Gasteiger partial charge in [-0.2, -0.15) is 12.8 Å². The maximum absolute atomic E-state index is 12.9. The zero-order valence-electron chi connectivity index (χ0n) is 17.4. The van der Waals surface area contributed by atoms with Crippen molar-refractivity contribution in [3.63, 3.8) is 0 Å². The predicted octanol–water partition coefficient (Wildman–Crippen LogP) is 0.567. The number of rotatable bonds is 7. The van der Waals surface area contributed by atoms with Gasteiger partial charge >= 0.3 is 0 Å². The topological polar surface area (TPSA) is 139 Å². The van der Waals surface area contributed by atoms with E-state index in [1.165, 1.54) is 29.3 Å². The molecule has 0 bridgehead atoms. The summed E-state index contributed by atoms with van der Waals surface area (Å²) in [6.07, 6.45) is -0.683. The van der Waals surface area contributed by atoms with Crippen molar-refractivity contribution in [3.05, 3.63) is 54.6 Å². The van der Waals surface area contributed by atoms with Gasteiger partial charge in [0.1, 0.15) is 5.71 Å². The van der Waals surface area contributed by atoms with Crippen LogP contribution in [0.15, 0.2) is 63.9 Å². The highest BCUT2D eigenvalue weighted by molar-refractivity contribution is 7.90. The summed E-state index contributed by atoms with van der Waals surface area (Å²) >= 11 is 0. The third kappa shape index (κ3) is 5.01. The lowest BCUT2D eigenvalue weighted by molar-refractivity contribution is -0.305. The van der Waals surface area contributed by atoms with Crippen LogP contribution in [0.4, 0.5) is 11.4 Å². The number of aliphatic carboxylic acids is 1. The fourth-order valence-electron chi connectivity index (χ4n) is 3.10. The fourth-order valence-corrected chi connectivity index (χ4v) is 4.17. The molecule has 1 saturated heterocycles. The minimum atomic E-state index is -4.19. The van der Waals surface area contributed by atoms with Crippen LogP contribution >= 0.6 is 0 Å². The molecule has 3 rings (SSSR count). The van der Waals surface area contributed by atoms with Crippen molar-refractivity contribution in [2.24, 2.45) is 4.40 Å². The first-order valence-electron chi connectivity index (χ1n) is 9.67. The number of amides is 2. The standard InChI is InChI=1S/C21H22N4O6S/c1-14-20(21(29)25(24(14)2)16-6-4-3-5-7-16)23-32(30,31)17-10-8-15(9-11-17)22-18(26)12-13-19(27)28/h3-11,14H,12-13H2,1-2H3,(H,22,26)(H,27,28)/p-1. The van der Waals surface area contributed by atoms with Gasteiger partial charge < -0.3 is 15.2 Å². The quantitative estimate of drug-likeness (QED) is 0.641. The number of carboxylic acid groups (broad SMARTS) is 1. The molecule has 168 valence electrons. The number of hydrogen-bond donors (Lipinski definition) is 1. The van der Waals surface area contributed by atoms with Gasteiger partial charge in [0.15, 0.2) is 0 Å². The Kier molecular flexibility index (Phi) is 6.70. The molecule has 2 aromatic carbocycles. The van der Waals surface area contributed by atoms with Crippen LogP contribution in [0.25, 0.3) is 0 Å². The summed E-state index contributed by atoms with van der Waals surface area (Å²) in [5.41, 5.74) is 0.768. The van der Waals surface area contributed by atoms with Gasteiger partial charge in [-0.25, -0.2) is 10.0 Å². The summed E-state index contributed by atoms with van der Waals surface area (Å²) < 4.78 is 29.4. The second-order valence-corrected chi connectivity index (χ2v) is 8.70. The van der Waals surface area contributed by atoms with Crippen LogP contribution in [0.5, 0.6) is 0 Å². The average molecular weight is 457 g/mol. The number of para-hydroxylation sites is 1. The highest BCUT2D eigenvalue weighted by atomic mass is 32.2. The molecule has 2 amide bonds. The van der Waals surface area contributed by atoms with Crippen LogP contribution in [0.1, 0.15) is 19.8 Å². The molecular formula is C21H21N4O6S-. The number of carboxylic acids is 1. The third-order valence-electron chi connectivity index (χ3n) is 4.89. The van der Waals surface area contributed by atoms with Gasteiger partial charge in [0.25, 0.3) is 15.9 Å². The van der Waals surface area contributed by atoms with E-state index in [1.54, 1.807) is 43.2 Å². The molecule has 1 heterocycles. The lowest BCUT2D eigenvalue weighted by Crippen LogP contribution is -2.38. The zero-order chi connectivity index (χ0) is 23.5. The number of carbonyl (C=O) groups excluding carboxylic acids is 3. The normalized spacial score (nSPS) is 18.2. The van der Waals surface area contributed by atoms with E-state index in [0.717, 1.165) is 0 Å². The van der Waals surface area contributed by atoms with Crippen molar-refractivity contribution < 1.29 is 27.9 Å². The molecule has 1 fully saturated rings. The Morgan fingerprint density at radius 3 is 2.28 bits per heavy atom. The highest BCUT2D eigenvalue weighted by Crippen LogP contribution is 2.26. The fraction of sp³-hybridized carbons (Fsp3) is 0.238. The number of benzene rings is 2. The number of carbonyl (C=O) groups is 3. The van der Waals surface area contributed by atoms with E-state index in [0.29, 0.717) is 11.4 Å². The maximum atomic E-state index is 12.9. The number of hydrogen-bond acceptors (Lipinski definition) is 7. The third-order valence-corrected chi connectivity index (χ3v) is 6.20. The summed E-state index contributed by atoms with van der Waals surface area (Å²) in [7, 11) is -2.52. The van der Waals surface area contributed by atoms with E-state index in [4.69, 9.17) is 0 Å². The van der Waals surface area contributed by atoms with E-state index < -0.39 is 40.3 Å². The van der Waals surface area contributed by atoms with Crippen LogP contribution in [0, 0.1) is 0 Å². The number of nitrogens with one attached hydrogen (secondary N) is 1. The molecule has 0 spiro atoms. The van der Waals surface area contributed by atoms with Gasteiger partial charge in [-0.05, 0) is 49.7 Å². The second-order valence-electron chi connectivity index (χ2n) is 7.10. The van der Waals surface area contributed by atoms with Crippen molar-refractivity contribution in [2.45, 2.75) is 30.7 Å². The molecular weight excluding hydrogens is 436 g/mol. The van der Waals surface area contributed by atoms with Crippen molar-refractivity contribution in [2.75, 3.05) is 17.4 Å². The maximum Gasteiger partial charge on any atom is 0.289 e. The molecule has 32 heavy (non-hydrogen) atoms. The van der Waals surface area contributed by atoms with Gasteiger partial charge in [0, 0.05) is 25.1 Å². The predicted molar refractivity (Wildman–Crippen MR) is 115 cm³/mol. The van der Waals surface area contributed by atoms with Crippen LogP contribution in [-0.2, 0) is 24.4 Å². The number of nitrogens with zero attached hydrogens (tertiary/aromatic N) is 3. The minimum Gasteiger partial charge on any atom is -0.550 e. The van der Waals surface area contributed by atoms with E-state index in [2.05, 4.69) is 9.71 Å². The monoisotopic (exact) mass is 457 g/mol. The van der Waals surface area contributed by atoms with E-state index in [1.807, 2.05) is 6.07 Å². The average Bonchev–Trinajstić information content (AvgIpc) is 2.96. The highest BCUT2D eigenvalue weighted by Gasteiger charge is 2.41. The van der Waals surface area contributed by atoms with Crippen LogP contribution < -0.4 is 15.4 Å². The molecule has 1 N–H and O–H groups in total. The number of hydrazine groups is 1. The van der Waals surface area contributed by atoms with Crippen molar-refractivity contribution in [1.29, 1.82) is 0 Å². The van der Waals surface area contributed by atoms with Gasteiger partial charge in [-0.15, -0.1) is 0 Å². The Labute approximate surface area is 185 Å².